The van der Waals surface area contributed by atoms with E-state index >= 15 is 0 Å². The van der Waals surface area contributed by atoms with Crippen LogP contribution in [0.3, 0.4) is 0 Å². The molecule has 0 aliphatic carbocycles. The summed E-state index contributed by atoms with van der Waals surface area (Å²) >= 11 is 0. The van der Waals surface area contributed by atoms with Gasteiger partial charge in [-0.2, -0.15) is 0 Å². The molecule has 0 unspecified atom stereocenters. The summed E-state index contributed by atoms with van der Waals surface area (Å²) < 4.78 is 5.54. The molecular weight excluding hydrogens is 290 g/mol. The van der Waals surface area contributed by atoms with Gasteiger partial charge in [-0.1, -0.05) is 20.8 Å². The van der Waals surface area contributed by atoms with E-state index in [1.165, 1.54) is 0 Å². The fourth-order valence-electron chi connectivity index (χ4n) is 1.84. The van der Waals surface area contributed by atoms with Gasteiger partial charge in [0, 0.05) is 11.8 Å². The normalized spacial score (nSPS) is 12.7. The zero-order valence-electron chi connectivity index (χ0n) is 13.1. The van der Waals surface area contributed by atoms with Gasteiger partial charge in [-0.15, -0.1) is 0 Å². The number of aliphatic carboxylic acids is 2. The molecule has 1 heterocycles. The minimum Gasteiger partial charge on any atom is -0.481 e. The summed E-state index contributed by atoms with van der Waals surface area (Å²) in [6.45, 7) is 7.41. The number of carboxylic acids is 2. The molecule has 0 fully saturated rings. The summed E-state index contributed by atoms with van der Waals surface area (Å²) in [6.07, 6.45) is -0.520. The van der Waals surface area contributed by atoms with Crippen LogP contribution in [-0.4, -0.2) is 34.1 Å². The molecule has 1 aromatic rings. The first-order chi connectivity index (χ1) is 10.0. The van der Waals surface area contributed by atoms with Crippen molar-refractivity contribution in [2.75, 3.05) is 0 Å². The average molecular weight is 311 g/mol. The molecule has 7 nitrogen and oxygen atoms in total. The molecule has 0 saturated carbocycles. The number of carboxylic acid groups (broad SMARTS) is 2. The summed E-state index contributed by atoms with van der Waals surface area (Å²) in [5, 5.41) is 20.0. The maximum Gasteiger partial charge on any atom is 0.326 e. The molecule has 22 heavy (non-hydrogen) atoms. The second-order valence-corrected chi connectivity index (χ2v) is 6.13. The summed E-state index contributed by atoms with van der Waals surface area (Å²) in [5.41, 5.74) is -0.0230. The number of furan rings is 1. The van der Waals surface area contributed by atoms with E-state index in [4.69, 9.17) is 14.6 Å². The van der Waals surface area contributed by atoms with Crippen LogP contribution in [-0.2, 0) is 15.0 Å². The van der Waals surface area contributed by atoms with Gasteiger partial charge in [-0.25, -0.2) is 4.79 Å². The van der Waals surface area contributed by atoms with Crippen molar-refractivity contribution in [1.82, 2.24) is 5.32 Å². The van der Waals surface area contributed by atoms with Gasteiger partial charge in [0.25, 0.3) is 5.91 Å². The highest BCUT2D eigenvalue weighted by Gasteiger charge is 2.26. The molecule has 0 aliphatic heterocycles. The summed E-state index contributed by atoms with van der Waals surface area (Å²) in [5.74, 6) is -1.96. The predicted octanol–water partition coefficient (Wildman–Crippen LogP) is 1.93. The molecule has 0 bridgehead atoms. The first-order valence-corrected chi connectivity index (χ1v) is 6.88. The molecule has 1 aromatic heterocycles. The van der Waals surface area contributed by atoms with Crippen LogP contribution in [0.1, 0.15) is 55.5 Å². The number of rotatable bonds is 6. The van der Waals surface area contributed by atoms with Gasteiger partial charge in [0.2, 0.25) is 0 Å². The third kappa shape index (κ3) is 4.61. The Bertz CT molecular complexity index is 581. The molecule has 1 atom stereocenters. The lowest BCUT2D eigenvalue weighted by Gasteiger charge is -2.14. The average Bonchev–Trinajstić information content (AvgIpc) is 2.75. The molecule has 122 valence electrons. The zero-order valence-corrected chi connectivity index (χ0v) is 13.1. The van der Waals surface area contributed by atoms with Gasteiger partial charge in [0.05, 0.1) is 5.56 Å². The molecule has 0 aromatic carbocycles. The molecule has 0 radical (unpaired) electrons. The standard InChI is InChI=1S/C15H21NO6/c1-8-9(7-11(22-8)15(2,3)4)13(19)16-10(14(20)21)5-6-12(17)18/h7,10H,5-6H2,1-4H3,(H,16,19)(H,17,18)(H,20,21)/t10-/m1/s1. The second kappa shape index (κ2) is 6.64. The highest BCUT2D eigenvalue weighted by Crippen LogP contribution is 2.27. The van der Waals surface area contributed by atoms with E-state index in [9.17, 15) is 14.4 Å². The molecule has 1 amide bonds. The van der Waals surface area contributed by atoms with E-state index in [0.717, 1.165) is 0 Å². The number of carbonyl (C=O) groups excluding carboxylic acids is 1. The molecule has 0 aliphatic rings. The van der Waals surface area contributed by atoms with Crippen molar-refractivity contribution < 1.29 is 29.0 Å². The minimum atomic E-state index is -1.27. The van der Waals surface area contributed by atoms with Crippen molar-refractivity contribution in [3.05, 3.63) is 23.2 Å². The molecule has 7 heteroatoms. The summed E-state index contributed by atoms with van der Waals surface area (Å²) in [7, 11) is 0. The first-order valence-electron chi connectivity index (χ1n) is 6.88. The third-order valence-corrected chi connectivity index (χ3v) is 3.15. The highest BCUT2D eigenvalue weighted by atomic mass is 16.4. The third-order valence-electron chi connectivity index (χ3n) is 3.15. The second-order valence-electron chi connectivity index (χ2n) is 6.13. The van der Waals surface area contributed by atoms with Crippen LogP contribution in [0.5, 0.6) is 0 Å². The smallest absolute Gasteiger partial charge is 0.326 e. The highest BCUT2D eigenvalue weighted by molar-refractivity contribution is 5.97. The fourth-order valence-corrected chi connectivity index (χ4v) is 1.84. The lowest BCUT2D eigenvalue weighted by atomic mass is 9.93. The summed E-state index contributed by atoms with van der Waals surface area (Å²) in [4.78, 5) is 33.8. The van der Waals surface area contributed by atoms with Gasteiger partial charge >= 0.3 is 11.9 Å². The van der Waals surface area contributed by atoms with Crippen LogP contribution in [0.2, 0.25) is 0 Å². The van der Waals surface area contributed by atoms with Gasteiger partial charge in [0.15, 0.2) is 0 Å². The Morgan fingerprint density at radius 1 is 1.27 bits per heavy atom. The number of hydrogen-bond donors (Lipinski definition) is 3. The number of hydrogen-bond acceptors (Lipinski definition) is 4. The number of nitrogens with one attached hydrogen (secondary N) is 1. The van der Waals surface area contributed by atoms with Crippen molar-refractivity contribution >= 4 is 17.8 Å². The first kappa shape index (κ1) is 17.7. The Hall–Kier alpha value is -2.31. The van der Waals surface area contributed by atoms with Gasteiger partial charge in [-0.05, 0) is 19.4 Å². The monoisotopic (exact) mass is 311 g/mol. The van der Waals surface area contributed by atoms with Crippen LogP contribution < -0.4 is 5.32 Å². The van der Waals surface area contributed by atoms with E-state index in [1.54, 1.807) is 13.0 Å². The number of carbonyl (C=O) groups is 3. The van der Waals surface area contributed by atoms with Crippen molar-refractivity contribution in [2.45, 2.75) is 52.0 Å². The van der Waals surface area contributed by atoms with Crippen LogP contribution in [0, 0.1) is 6.92 Å². The lowest BCUT2D eigenvalue weighted by Crippen LogP contribution is -2.41. The predicted molar refractivity (Wildman–Crippen MR) is 77.9 cm³/mol. The Morgan fingerprint density at radius 2 is 1.86 bits per heavy atom. The van der Waals surface area contributed by atoms with Crippen molar-refractivity contribution in [1.29, 1.82) is 0 Å². The fraction of sp³-hybridized carbons (Fsp3) is 0.533. The van der Waals surface area contributed by atoms with E-state index in [2.05, 4.69) is 5.32 Å². The van der Waals surface area contributed by atoms with E-state index in [0.29, 0.717) is 11.5 Å². The molecule has 0 spiro atoms. The maximum absolute atomic E-state index is 12.2. The zero-order chi connectivity index (χ0) is 17.1. The quantitative estimate of drug-likeness (QED) is 0.739. The number of amides is 1. The molecule has 0 saturated heterocycles. The van der Waals surface area contributed by atoms with E-state index in [1.807, 2.05) is 20.8 Å². The van der Waals surface area contributed by atoms with Gasteiger partial charge in [-0.3, -0.25) is 9.59 Å². The Kier molecular flexibility index (Phi) is 5.35. The van der Waals surface area contributed by atoms with Crippen LogP contribution in [0.15, 0.2) is 10.5 Å². The van der Waals surface area contributed by atoms with Crippen molar-refractivity contribution in [2.24, 2.45) is 0 Å². The summed E-state index contributed by atoms with van der Waals surface area (Å²) in [6, 6.07) is 0.330. The van der Waals surface area contributed by atoms with Crippen molar-refractivity contribution in [3.63, 3.8) is 0 Å². The maximum atomic E-state index is 12.2. The van der Waals surface area contributed by atoms with Crippen LogP contribution in [0.25, 0.3) is 0 Å². The Labute approximate surface area is 128 Å². The molecular formula is C15H21NO6. The molecule has 3 N–H and O–H groups in total. The van der Waals surface area contributed by atoms with E-state index in [-0.39, 0.29) is 23.8 Å². The lowest BCUT2D eigenvalue weighted by molar-refractivity contribution is -0.140. The van der Waals surface area contributed by atoms with Crippen molar-refractivity contribution in [3.8, 4) is 0 Å². The van der Waals surface area contributed by atoms with Crippen LogP contribution in [0.4, 0.5) is 0 Å². The SMILES string of the molecule is Cc1oc(C(C)(C)C)cc1C(=O)N[C@H](CCC(=O)O)C(=O)O. The molecule has 1 rings (SSSR count). The van der Waals surface area contributed by atoms with Gasteiger partial charge < -0.3 is 19.9 Å². The van der Waals surface area contributed by atoms with E-state index < -0.39 is 23.9 Å². The topological polar surface area (TPSA) is 117 Å². The Balaban J connectivity index is 2.88. The van der Waals surface area contributed by atoms with Crippen LogP contribution >= 0.6 is 0 Å². The Morgan fingerprint density at radius 3 is 2.27 bits per heavy atom. The largest absolute Gasteiger partial charge is 0.481 e. The van der Waals surface area contributed by atoms with Gasteiger partial charge in [0.1, 0.15) is 17.6 Å². The minimum absolute atomic E-state index is 0.181. The number of aryl methyl sites for hydroxylation is 1.